The van der Waals surface area contributed by atoms with E-state index in [2.05, 4.69) is 213 Å². The average Bonchev–Trinajstić information content (AvgIpc) is 1.57. The predicted molar refractivity (Wildman–Crippen MR) is 572 cm³/mol. The monoisotopic (exact) mass is 2290 g/mol. The van der Waals surface area contributed by atoms with E-state index in [0.29, 0.717) is 73.5 Å². The summed E-state index contributed by atoms with van der Waals surface area (Å²) in [5.41, 5.74) is 16.4. The van der Waals surface area contributed by atoms with E-state index in [1.54, 1.807) is 22.9 Å². The van der Waals surface area contributed by atoms with Crippen LogP contribution in [0.4, 0.5) is 11.6 Å². The zero-order valence-electron chi connectivity index (χ0n) is 81.4. The summed E-state index contributed by atoms with van der Waals surface area (Å²) < 4.78 is 57.6. The number of ether oxygens (including phenoxy) is 7. The first-order valence-electron chi connectivity index (χ1n) is 47.7. The third kappa shape index (κ3) is 20.2. The number of aromatic nitrogens is 17. The molecule has 39 heteroatoms. The van der Waals surface area contributed by atoms with Gasteiger partial charge in [0.1, 0.15) is 134 Å². The SMILES string of the molecule is C=C[C@@]1(CC)C[C@@H](n2ccc3c(Cl)ncnc32)[C@@H]2OC(C)(C)O[C@@H]21.C=C[C@@]1(CC)C[C@@H](n2ccc3c(Cl)ncnc32)[C@H](O)[C@@H]1O.C=C[C@@]1(CO)C[C@@H](n2ccc3c(Cl)ncnc32)[C@H](O)[C@@H]1O.C=C[C@@]1(COC(C)(C)C)C[C@@H](n2ccc3c(Cl)ncnc32)[C@@H]2OC(C)(C)O[C@@H]21.CC[C@]1(CCc2ccc3cc(Br)c(N)nc3c2)C[C@@H](n2ccc3c(Cl)ncnc32)[C@@H]2OC(C)(C)O[C@@H]21.Nc1nc2cc(I)ccc2cc1Br. The molecular weight excluding hydrogens is 2170 g/mol. The van der Waals surface area contributed by atoms with E-state index < -0.39 is 58.6 Å². The molecular formula is C104H119Br2Cl5IN19O12. The van der Waals surface area contributed by atoms with Crippen molar-refractivity contribution in [1.29, 1.82) is 0 Å². The molecule has 3 aliphatic heterocycles. The van der Waals surface area contributed by atoms with E-state index >= 15 is 0 Å². The molecule has 22 rings (SSSR count). The number of aliphatic hydroxyl groups excluding tert-OH is 5. The van der Waals surface area contributed by atoms with Crippen LogP contribution in [0.5, 0.6) is 0 Å². The first kappa shape index (κ1) is 106. The minimum atomic E-state index is -1.08. The Bertz CT molecular complexity index is 7010. The molecule has 20 atom stereocenters. The predicted octanol–water partition coefficient (Wildman–Crippen LogP) is 21.6. The lowest BCUT2D eigenvalue weighted by Gasteiger charge is -2.35. The van der Waals surface area contributed by atoms with E-state index in [-0.39, 0.29) is 89.2 Å². The number of aryl methyl sites for hydroxylation is 1. The summed E-state index contributed by atoms with van der Waals surface area (Å²) in [6.07, 6.45) is 28.2. The Labute approximate surface area is 884 Å². The normalized spacial score (nSPS) is 29.5. The molecule has 9 N–H and O–H groups in total. The van der Waals surface area contributed by atoms with E-state index in [9.17, 15) is 25.5 Å². The molecule has 12 aromatic heterocycles. The van der Waals surface area contributed by atoms with Crippen molar-refractivity contribution in [2.24, 2.45) is 27.1 Å². The molecule has 0 radical (unpaired) electrons. The standard InChI is InChI=1S/C27H29BrClN5O2.C21H28ClN3O3.C18H22ClN3O2.C15H18ClN3O2.C14H16ClN3O3.C9H6BrIN2/c1-4-27(9-7-15-5-6-16-12-18(28)24(30)33-19(16)11-15)13-20(21-22(27)36-26(2,3)35-21)34-10-8-17-23(29)31-14-32-25(17)34;1-7-21(11-26-19(2,3)4)10-14(15-16(21)28-20(5,6)27-15)25-9-8-13-17(22)23-12-24-18(13)25;1-5-18(6-2)9-12(13-14(18)24-17(3,4)23-13)22-8-7-11-15(19)20-10-21-16(11)22;1-3-15(4-2)7-10(11(20)12(15)21)19-6-5-9-13(16)17-8-18-14(9)19;1-2-14(6-19)5-9(10(20)11(14)21)18-4-3-8-12(15)16-7-17-13(8)18;10-7-3-5-1-2-6(11)4-8(5)13-9(7)12/h5-6,8,10-12,14,20-22H,4,7,9,13H2,1-3H3,(H2,30,33);7-9,12,14-16H,1,10-11H2,2-6H3;5,7-8,10,12-14H,1,6,9H2,2-4H3;3,5-6,8,10-12,20-21H,1,4,7H2,2H3;2-4,7,9-11,19-21H,1,5-6H2;1-4H,(H2,12,13)/t20-,21+,22+,27+;14-,15+,16+,21+;12-,13+,14+,18-;10-,11+,12+,15-;9-,10+,11+,14+;/m11111./s1. The summed E-state index contributed by atoms with van der Waals surface area (Å²) in [4.78, 5) is 50.9. The maximum atomic E-state index is 10.5. The number of benzene rings is 2. The summed E-state index contributed by atoms with van der Waals surface area (Å²) in [6.45, 7) is 40.5. The Morgan fingerprint density at radius 1 is 0.441 bits per heavy atom. The van der Waals surface area contributed by atoms with Crippen molar-refractivity contribution < 1.29 is 58.7 Å². The highest BCUT2D eigenvalue weighted by Crippen LogP contribution is 2.61. The summed E-state index contributed by atoms with van der Waals surface area (Å²) in [5, 5.41) is 59.3. The van der Waals surface area contributed by atoms with Gasteiger partial charge in [0.15, 0.2) is 17.4 Å². The van der Waals surface area contributed by atoms with Crippen molar-refractivity contribution in [2.45, 2.75) is 262 Å². The molecule has 31 nitrogen and oxygen atoms in total. The van der Waals surface area contributed by atoms with Crippen LogP contribution < -0.4 is 11.5 Å². The molecule has 0 amide bonds. The molecule has 15 heterocycles. The molecule has 2 aromatic carbocycles. The van der Waals surface area contributed by atoms with E-state index in [0.717, 1.165) is 121 Å². The number of rotatable bonds is 18. The minimum absolute atomic E-state index is 0.00485. The zero-order chi connectivity index (χ0) is 102. The second kappa shape index (κ2) is 41.3. The van der Waals surface area contributed by atoms with Gasteiger partial charge in [-0.05, 0) is 247 Å². The van der Waals surface area contributed by atoms with Gasteiger partial charge in [-0.1, -0.05) is 121 Å². The lowest BCUT2D eigenvalue weighted by Crippen LogP contribution is -2.40. The maximum absolute atomic E-state index is 10.5. The number of aliphatic hydroxyl groups is 5. The number of nitrogens with zero attached hydrogens (tertiary/aromatic N) is 17. The molecule has 758 valence electrons. The number of fused-ring (bicyclic) bond motifs is 10. The van der Waals surface area contributed by atoms with Crippen molar-refractivity contribution in [1.82, 2.24) is 82.6 Å². The number of anilines is 2. The van der Waals surface area contributed by atoms with Crippen molar-refractivity contribution in [2.75, 3.05) is 24.7 Å². The van der Waals surface area contributed by atoms with E-state index in [1.807, 2.05) is 138 Å². The van der Waals surface area contributed by atoms with Crippen LogP contribution in [-0.4, -0.2) is 205 Å². The Kier molecular flexibility index (Phi) is 30.6. The Morgan fingerprint density at radius 2 is 0.776 bits per heavy atom. The fourth-order valence-corrected chi connectivity index (χ4v) is 24.5. The van der Waals surface area contributed by atoms with Gasteiger partial charge in [0, 0.05) is 72.4 Å². The highest BCUT2D eigenvalue weighted by atomic mass is 127. The molecule has 14 aromatic rings. The van der Waals surface area contributed by atoms with Gasteiger partial charge in [-0.3, -0.25) is 0 Å². The quantitative estimate of drug-likeness (QED) is 0.0238. The summed E-state index contributed by atoms with van der Waals surface area (Å²) in [5.74, 6) is -0.851. The van der Waals surface area contributed by atoms with Crippen LogP contribution in [-0.2, 0) is 39.6 Å². The third-order valence-corrected chi connectivity index (χ3v) is 33.6. The molecule has 0 unspecified atom stereocenters. The zero-order valence-corrected chi connectivity index (χ0v) is 90.5. The average molecular weight is 2290 g/mol. The van der Waals surface area contributed by atoms with Gasteiger partial charge >= 0.3 is 0 Å². The van der Waals surface area contributed by atoms with Crippen LogP contribution in [0.1, 0.15) is 177 Å². The second-order valence-electron chi connectivity index (χ2n) is 40.7. The van der Waals surface area contributed by atoms with E-state index in [4.69, 9.17) is 103 Å². The number of hydrogen-bond acceptors (Lipinski definition) is 26. The van der Waals surface area contributed by atoms with Crippen LogP contribution in [0.15, 0.2) is 201 Å². The molecule has 5 aliphatic carbocycles. The fourth-order valence-electron chi connectivity index (χ4n) is 22.4. The Hall–Kier alpha value is -8.42. The molecule has 5 saturated carbocycles. The molecule has 3 saturated heterocycles. The van der Waals surface area contributed by atoms with Gasteiger partial charge < -0.3 is 93.0 Å². The highest BCUT2D eigenvalue weighted by molar-refractivity contribution is 14.1. The number of halogens is 8. The Morgan fingerprint density at radius 3 is 1.14 bits per heavy atom. The van der Waals surface area contributed by atoms with E-state index in [1.165, 1.54) is 46.8 Å². The van der Waals surface area contributed by atoms with Gasteiger partial charge in [0.25, 0.3) is 0 Å². The Balaban J connectivity index is 0.000000121. The number of nitrogen functional groups attached to an aromatic ring is 2. The maximum Gasteiger partial charge on any atom is 0.163 e. The number of nitrogens with two attached hydrogens (primary N) is 2. The second-order valence-corrected chi connectivity index (χ2v) is 45.5. The smallest absolute Gasteiger partial charge is 0.163 e. The van der Waals surface area contributed by atoms with Crippen molar-refractivity contribution >= 4 is 201 Å². The number of pyridine rings is 2. The van der Waals surface area contributed by atoms with Crippen LogP contribution in [0.2, 0.25) is 25.8 Å². The number of hydrogen-bond donors (Lipinski definition) is 7. The first-order chi connectivity index (χ1) is 67.9. The summed E-state index contributed by atoms with van der Waals surface area (Å²) in [6, 6.07) is 25.6. The molecule has 8 aliphatic rings. The van der Waals surface area contributed by atoms with Crippen molar-refractivity contribution in [3.05, 3.63) is 236 Å². The summed E-state index contributed by atoms with van der Waals surface area (Å²) >= 11 is 40.0. The summed E-state index contributed by atoms with van der Waals surface area (Å²) in [7, 11) is 0. The van der Waals surface area contributed by atoms with Crippen LogP contribution in [0.25, 0.3) is 77.0 Å². The van der Waals surface area contributed by atoms with Crippen molar-refractivity contribution in [3.8, 4) is 0 Å². The topological polar surface area (TPSA) is 397 Å². The van der Waals surface area contributed by atoms with Crippen LogP contribution in [0, 0.1) is 30.6 Å². The molecule has 8 fully saturated rings. The molecule has 0 bridgehead atoms. The molecule has 143 heavy (non-hydrogen) atoms. The van der Waals surface area contributed by atoms with Crippen molar-refractivity contribution in [3.63, 3.8) is 0 Å². The van der Waals surface area contributed by atoms with Gasteiger partial charge in [-0.2, -0.15) is 0 Å². The van der Waals surface area contributed by atoms with Gasteiger partial charge in [0.2, 0.25) is 0 Å². The van der Waals surface area contributed by atoms with Gasteiger partial charge in [0.05, 0.1) is 120 Å². The highest BCUT2D eigenvalue weighted by Gasteiger charge is 2.65. The first-order valence-corrected chi connectivity index (χ1v) is 52.2. The minimum Gasteiger partial charge on any atom is -0.395 e. The lowest BCUT2D eigenvalue weighted by molar-refractivity contribution is -0.172. The third-order valence-electron chi connectivity index (χ3n) is 30.2. The lowest BCUT2D eigenvalue weighted by atomic mass is 9.76. The molecule has 0 spiro atoms. The fraction of sp³-hybridized carbons (Fsp3) is 0.462. The van der Waals surface area contributed by atoms with Crippen LogP contribution >= 0.6 is 112 Å². The largest absolute Gasteiger partial charge is 0.395 e. The van der Waals surface area contributed by atoms with Crippen LogP contribution in [0.3, 0.4) is 0 Å². The van der Waals surface area contributed by atoms with Gasteiger partial charge in [-0.25, -0.2) is 59.8 Å². The van der Waals surface area contributed by atoms with Gasteiger partial charge in [-0.15, -0.1) is 26.3 Å².